The average molecular weight is 371 g/mol. The molecule has 25 heavy (non-hydrogen) atoms. The highest BCUT2D eigenvalue weighted by molar-refractivity contribution is 7.07. The van der Waals surface area contributed by atoms with Crippen LogP contribution in [0.1, 0.15) is 11.1 Å². The minimum atomic E-state index is -0.300. The summed E-state index contributed by atoms with van der Waals surface area (Å²) in [6.07, 6.45) is 3.08. The summed E-state index contributed by atoms with van der Waals surface area (Å²) in [6.45, 7) is 1.98. The van der Waals surface area contributed by atoms with Gasteiger partial charge in [0.05, 0.1) is 4.53 Å². The number of amides is 1. The molecular formula is C19H15ClN2O2S. The van der Waals surface area contributed by atoms with Crippen molar-refractivity contribution in [2.45, 2.75) is 6.92 Å². The van der Waals surface area contributed by atoms with E-state index in [9.17, 15) is 9.59 Å². The van der Waals surface area contributed by atoms with Crippen LogP contribution in [0, 0.1) is 6.92 Å². The lowest BCUT2D eigenvalue weighted by Crippen LogP contribution is -2.20. The average Bonchev–Trinajstić information content (AvgIpc) is 2.91. The molecule has 1 heterocycles. The molecule has 1 aromatic heterocycles. The van der Waals surface area contributed by atoms with Crippen molar-refractivity contribution in [3.8, 4) is 0 Å². The fourth-order valence-corrected chi connectivity index (χ4v) is 3.26. The van der Waals surface area contributed by atoms with Gasteiger partial charge in [-0.3, -0.25) is 9.59 Å². The molecular weight excluding hydrogens is 356 g/mol. The third-order valence-corrected chi connectivity index (χ3v) is 4.76. The van der Waals surface area contributed by atoms with E-state index >= 15 is 0 Å². The van der Waals surface area contributed by atoms with Crippen LogP contribution in [0.2, 0.25) is 5.02 Å². The maximum absolute atomic E-state index is 12.1. The highest BCUT2D eigenvalue weighted by Gasteiger charge is 2.01. The van der Waals surface area contributed by atoms with Crippen LogP contribution in [0.3, 0.4) is 0 Å². The molecule has 0 spiro atoms. The lowest BCUT2D eigenvalue weighted by molar-refractivity contribution is -0.110. The van der Waals surface area contributed by atoms with E-state index in [4.69, 9.17) is 11.6 Å². The van der Waals surface area contributed by atoms with Crippen LogP contribution in [0.25, 0.3) is 12.2 Å². The number of aromatic amines is 1. The topological polar surface area (TPSA) is 62.0 Å². The van der Waals surface area contributed by atoms with Crippen molar-refractivity contribution in [1.29, 1.82) is 0 Å². The summed E-state index contributed by atoms with van der Waals surface area (Å²) >= 11 is 7.31. The van der Waals surface area contributed by atoms with Crippen molar-refractivity contribution < 1.29 is 4.79 Å². The molecule has 0 unspecified atom stereocenters. The van der Waals surface area contributed by atoms with Gasteiger partial charge in [-0.1, -0.05) is 47.5 Å². The van der Waals surface area contributed by atoms with Crippen LogP contribution in [0.5, 0.6) is 0 Å². The summed E-state index contributed by atoms with van der Waals surface area (Å²) in [7, 11) is 0. The molecule has 0 radical (unpaired) electrons. The van der Waals surface area contributed by atoms with Crippen molar-refractivity contribution in [3.05, 3.63) is 84.2 Å². The first-order valence-electron chi connectivity index (χ1n) is 7.56. The molecule has 4 nitrogen and oxygen atoms in total. The number of aryl methyl sites for hydroxylation is 1. The Kier molecular flexibility index (Phi) is 5.16. The highest BCUT2D eigenvalue weighted by Crippen LogP contribution is 2.14. The SMILES string of the molecule is Cc1ccc(NC(=O)C=c2[nH]c(=O)c(=Cc3ccccc3Cl)s2)cc1. The normalized spacial score (nSPS) is 12.4. The zero-order valence-electron chi connectivity index (χ0n) is 13.4. The molecule has 0 atom stereocenters. The van der Waals surface area contributed by atoms with Crippen molar-refractivity contribution in [1.82, 2.24) is 4.98 Å². The Bertz CT molecular complexity index is 1080. The van der Waals surface area contributed by atoms with Crippen LogP contribution >= 0.6 is 22.9 Å². The van der Waals surface area contributed by atoms with Gasteiger partial charge in [-0.15, -0.1) is 11.3 Å². The molecule has 2 N–H and O–H groups in total. The van der Waals surface area contributed by atoms with E-state index in [2.05, 4.69) is 10.3 Å². The first kappa shape index (κ1) is 17.2. The maximum Gasteiger partial charge on any atom is 0.266 e. The number of anilines is 1. The monoisotopic (exact) mass is 370 g/mol. The molecule has 2 aromatic carbocycles. The molecule has 3 rings (SSSR count). The van der Waals surface area contributed by atoms with Gasteiger partial charge >= 0.3 is 0 Å². The van der Waals surface area contributed by atoms with Crippen LogP contribution in [0.15, 0.2) is 53.3 Å². The summed E-state index contributed by atoms with van der Waals surface area (Å²) in [6, 6.07) is 14.8. The third kappa shape index (κ3) is 4.47. The van der Waals surface area contributed by atoms with E-state index in [1.165, 1.54) is 17.4 Å². The van der Waals surface area contributed by atoms with Crippen LogP contribution in [-0.4, -0.2) is 10.9 Å². The first-order chi connectivity index (χ1) is 12.0. The van der Waals surface area contributed by atoms with Crippen LogP contribution in [0.4, 0.5) is 5.69 Å². The predicted molar refractivity (Wildman–Crippen MR) is 103 cm³/mol. The number of thiazole rings is 1. The van der Waals surface area contributed by atoms with Gasteiger partial charge in [0.25, 0.3) is 11.5 Å². The molecule has 0 aliphatic carbocycles. The van der Waals surface area contributed by atoms with Gasteiger partial charge in [-0.25, -0.2) is 0 Å². The largest absolute Gasteiger partial charge is 0.322 e. The quantitative estimate of drug-likeness (QED) is 0.744. The highest BCUT2D eigenvalue weighted by atomic mass is 35.5. The third-order valence-electron chi connectivity index (χ3n) is 3.45. The molecule has 6 heteroatoms. The number of nitrogens with one attached hydrogen (secondary N) is 2. The summed E-state index contributed by atoms with van der Waals surface area (Å²) in [4.78, 5) is 26.8. The minimum absolute atomic E-state index is 0.251. The van der Waals surface area contributed by atoms with E-state index in [0.29, 0.717) is 19.9 Å². The Morgan fingerprint density at radius 1 is 1.16 bits per heavy atom. The van der Waals surface area contributed by atoms with Crippen molar-refractivity contribution in [3.63, 3.8) is 0 Å². The second-order valence-corrected chi connectivity index (χ2v) is 6.94. The smallest absolute Gasteiger partial charge is 0.266 e. The summed E-state index contributed by atoms with van der Waals surface area (Å²) in [5.41, 5.74) is 2.32. The Labute approximate surface area is 153 Å². The molecule has 1 amide bonds. The van der Waals surface area contributed by atoms with Crippen molar-refractivity contribution in [2.75, 3.05) is 5.32 Å². The number of carbonyl (C=O) groups excluding carboxylic acids is 1. The van der Waals surface area contributed by atoms with Gasteiger partial charge in [0.2, 0.25) is 0 Å². The van der Waals surface area contributed by atoms with Gasteiger partial charge in [-0.2, -0.15) is 0 Å². The first-order valence-corrected chi connectivity index (χ1v) is 8.75. The molecule has 0 fully saturated rings. The number of carbonyl (C=O) groups is 1. The molecule has 0 saturated carbocycles. The van der Waals surface area contributed by atoms with E-state index in [-0.39, 0.29) is 11.5 Å². The standard InChI is InChI=1S/C19H15ClN2O2S/c1-12-6-8-14(9-7-12)21-17(23)11-18-22-19(24)16(25-18)10-13-4-2-3-5-15(13)20/h2-11H,1H3,(H,21,23)(H,22,24). The fraction of sp³-hybridized carbons (Fsp3) is 0.0526. The lowest BCUT2D eigenvalue weighted by Gasteiger charge is -2.01. The molecule has 0 bridgehead atoms. The number of rotatable bonds is 3. The number of halogens is 1. The maximum atomic E-state index is 12.1. The Hall–Kier alpha value is -2.63. The van der Waals surface area contributed by atoms with E-state index < -0.39 is 0 Å². The Balaban J connectivity index is 1.88. The van der Waals surface area contributed by atoms with E-state index in [1.807, 2.05) is 49.4 Å². The van der Waals surface area contributed by atoms with Crippen LogP contribution < -0.4 is 20.1 Å². The van der Waals surface area contributed by atoms with Gasteiger partial charge in [0.1, 0.15) is 4.66 Å². The van der Waals surface area contributed by atoms with Gasteiger partial charge in [-0.05, 0) is 36.8 Å². The Morgan fingerprint density at radius 2 is 1.88 bits per heavy atom. The Morgan fingerprint density at radius 3 is 2.60 bits per heavy atom. The number of benzene rings is 2. The summed E-state index contributed by atoms with van der Waals surface area (Å²) < 4.78 is 0.968. The minimum Gasteiger partial charge on any atom is -0.322 e. The fourth-order valence-electron chi connectivity index (χ4n) is 2.19. The number of hydrogen-bond donors (Lipinski definition) is 2. The van der Waals surface area contributed by atoms with Gasteiger partial charge in [0.15, 0.2) is 0 Å². The van der Waals surface area contributed by atoms with Gasteiger partial charge < -0.3 is 10.3 Å². The molecule has 0 saturated heterocycles. The predicted octanol–water partition coefficient (Wildman–Crippen LogP) is 2.65. The van der Waals surface area contributed by atoms with E-state index in [0.717, 1.165) is 11.1 Å². The summed E-state index contributed by atoms with van der Waals surface area (Å²) in [5, 5.41) is 3.33. The van der Waals surface area contributed by atoms with Gasteiger partial charge in [0, 0.05) is 16.8 Å². The second kappa shape index (κ2) is 7.51. The zero-order chi connectivity index (χ0) is 17.8. The molecule has 126 valence electrons. The second-order valence-electron chi connectivity index (χ2n) is 5.45. The molecule has 0 aliphatic heterocycles. The number of H-pyrrole nitrogens is 1. The van der Waals surface area contributed by atoms with E-state index in [1.54, 1.807) is 12.1 Å². The van der Waals surface area contributed by atoms with Crippen molar-refractivity contribution >= 4 is 46.7 Å². The zero-order valence-corrected chi connectivity index (χ0v) is 14.9. The molecule has 3 aromatic rings. The summed E-state index contributed by atoms with van der Waals surface area (Å²) in [5.74, 6) is -0.300. The van der Waals surface area contributed by atoms with Crippen molar-refractivity contribution in [2.24, 2.45) is 0 Å². The van der Waals surface area contributed by atoms with Crippen LogP contribution in [-0.2, 0) is 4.79 Å². The number of hydrogen-bond acceptors (Lipinski definition) is 3. The lowest BCUT2D eigenvalue weighted by atomic mass is 10.2. The number of aromatic nitrogens is 1. The molecule has 0 aliphatic rings.